The smallest absolute Gasteiger partial charge is 0.228 e. The summed E-state index contributed by atoms with van der Waals surface area (Å²) in [6.07, 6.45) is 1.48. The first kappa shape index (κ1) is 12.1. The Morgan fingerprint density at radius 2 is 1.81 bits per heavy atom. The van der Waals surface area contributed by atoms with Crippen LogP contribution in [0.1, 0.15) is 29.6 Å². The van der Waals surface area contributed by atoms with Crippen LogP contribution in [-0.2, 0) is 9.59 Å². The highest BCUT2D eigenvalue weighted by Crippen LogP contribution is 2.11. The van der Waals surface area contributed by atoms with Crippen LogP contribution in [-0.4, -0.2) is 23.0 Å². The normalized spacial score (nSPS) is 9.75. The van der Waals surface area contributed by atoms with Crippen LogP contribution in [0.3, 0.4) is 0 Å². The molecule has 1 aromatic rings. The predicted molar refractivity (Wildman–Crippen MR) is 57.4 cm³/mol. The Kier molecular flexibility index (Phi) is 4.39. The lowest BCUT2D eigenvalue weighted by Gasteiger charge is -1.99. The first-order chi connectivity index (χ1) is 7.65. The van der Waals surface area contributed by atoms with Gasteiger partial charge in [0.1, 0.15) is 12.0 Å². The topological polar surface area (TPSA) is 71.4 Å². The van der Waals surface area contributed by atoms with E-state index in [4.69, 9.17) is 5.11 Å². The molecule has 4 nitrogen and oxygen atoms in total. The van der Waals surface area contributed by atoms with Gasteiger partial charge in [-0.15, -0.1) is 0 Å². The van der Waals surface area contributed by atoms with Crippen molar-refractivity contribution in [2.45, 2.75) is 19.3 Å². The molecule has 0 saturated carbocycles. The molecule has 0 aliphatic rings. The molecule has 0 amide bonds. The number of aromatic hydroxyl groups is 1. The Morgan fingerprint density at radius 1 is 1.19 bits per heavy atom. The monoisotopic (exact) mass is 220 g/mol. The molecule has 4 heteroatoms. The molecule has 0 atom stereocenters. The summed E-state index contributed by atoms with van der Waals surface area (Å²) in [6, 6.07) is 5.50. The second kappa shape index (κ2) is 5.80. The van der Waals surface area contributed by atoms with E-state index >= 15 is 0 Å². The molecule has 1 N–H and O–H groups in total. The van der Waals surface area contributed by atoms with Crippen molar-refractivity contribution in [1.29, 1.82) is 0 Å². The Bertz CT molecular complexity index is 392. The molecule has 0 bridgehead atoms. The van der Waals surface area contributed by atoms with Crippen LogP contribution < -0.4 is 0 Å². The van der Waals surface area contributed by atoms with Crippen molar-refractivity contribution in [3.63, 3.8) is 0 Å². The van der Waals surface area contributed by atoms with E-state index < -0.39 is 11.6 Å². The average Bonchev–Trinajstić information content (AvgIpc) is 2.29. The lowest BCUT2D eigenvalue weighted by Crippen LogP contribution is -2.13. The summed E-state index contributed by atoms with van der Waals surface area (Å²) >= 11 is 0. The number of aldehydes is 1. The number of rotatable bonds is 6. The number of hydrogen-bond donors (Lipinski definition) is 1. The maximum atomic E-state index is 11.5. The van der Waals surface area contributed by atoms with Gasteiger partial charge in [0.25, 0.3) is 0 Å². The zero-order valence-corrected chi connectivity index (χ0v) is 8.68. The van der Waals surface area contributed by atoms with Gasteiger partial charge in [0.2, 0.25) is 11.6 Å². The van der Waals surface area contributed by atoms with Gasteiger partial charge < -0.3 is 9.90 Å². The molecule has 16 heavy (non-hydrogen) atoms. The van der Waals surface area contributed by atoms with Crippen molar-refractivity contribution in [2.24, 2.45) is 0 Å². The third-order valence-corrected chi connectivity index (χ3v) is 2.11. The Balaban J connectivity index is 2.60. The van der Waals surface area contributed by atoms with Crippen LogP contribution in [0.25, 0.3) is 0 Å². The maximum Gasteiger partial charge on any atom is 0.228 e. The molecule has 0 radical (unpaired) electrons. The highest BCUT2D eigenvalue weighted by atomic mass is 16.3. The number of phenolic OH excluding ortho intramolecular Hbond substituents is 1. The maximum absolute atomic E-state index is 11.5. The van der Waals surface area contributed by atoms with E-state index in [0.717, 1.165) is 6.29 Å². The molecule has 0 saturated heterocycles. The van der Waals surface area contributed by atoms with E-state index in [1.165, 1.54) is 24.3 Å². The van der Waals surface area contributed by atoms with Gasteiger partial charge in [-0.3, -0.25) is 9.59 Å². The van der Waals surface area contributed by atoms with Crippen molar-refractivity contribution in [2.75, 3.05) is 0 Å². The highest BCUT2D eigenvalue weighted by molar-refractivity contribution is 6.43. The van der Waals surface area contributed by atoms with Gasteiger partial charge in [-0.1, -0.05) is 0 Å². The zero-order chi connectivity index (χ0) is 12.0. The number of unbranched alkanes of at least 4 members (excludes halogenated alkanes) is 1. The van der Waals surface area contributed by atoms with Gasteiger partial charge in [-0.25, -0.2) is 0 Å². The second-order valence-corrected chi connectivity index (χ2v) is 3.36. The lowest BCUT2D eigenvalue weighted by molar-refractivity contribution is -0.115. The minimum absolute atomic E-state index is 0.0463. The van der Waals surface area contributed by atoms with E-state index in [9.17, 15) is 14.4 Å². The van der Waals surface area contributed by atoms with Crippen molar-refractivity contribution in [1.82, 2.24) is 0 Å². The van der Waals surface area contributed by atoms with Crippen LogP contribution in [0.4, 0.5) is 0 Å². The van der Waals surface area contributed by atoms with Gasteiger partial charge in [0.05, 0.1) is 0 Å². The first-order valence-corrected chi connectivity index (χ1v) is 4.95. The van der Waals surface area contributed by atoms with Gasteiger partial charge >= 0.3 is 0 Å². The molecular weight excluding hydrogens is 208 g/mol. The SMILES string of the molecule is O=CCCCC(=O)C(=O)c1ccc(O)cc1. The Morgan fingerprint density at radius 3 is 2.38 bits per heavy atom. The van der Waals surface area contributed by atoms with Crippen molar-refractivity contribution in [3.05, 3.63) is 29.8 Å². The van der Waals surface area contributed by atoms with Gasteiger partial charge in [0.15, 0.2) is 0 Å². The number of phenols is 1. The minimum atomic E-state index is -0.578. The molecule has 0 spiro atoms. The summed E-state index contributed by atoms with van der Waals surface area (Å²) in [7, 11) is 0. The van der Waals surface area contributed by atoms with Crippen molar-refractivity contribution < 1.29 is 19.5 Å². The molecule has 0 aliphatic carbocycles. The highest BCUT2D eigenvalue weighted by Gasteiger charge is 2.15. The van der Waals surface area contributed by atoms with Crippen LogP contribution in [0.15, 0.2) is 24.3 Å². The molecule has 0 aromatic heterocycles. The number of benzene rings is 1. The van der Waals surface area contributed by atoms with Gasteiger partial charge in [0, 0.05) is 18.4 Å². The van der Waals surface area contributed by atoms with Crippen molar-refractivity contribution in [3.8, 4) is 5.75 Å². The Hall–Kier alpha value is -1.97. The fraction of sp³-hybridized carbons (Fsp3) is 0.250. The average molecular weight is 220 g/mol. The van der Waals surface area contributed by atoms with Crippen molar-refractivity contribution >= 4 is 17.9 Å². The molecule has 0 heterocycles. The molecule has 0 fully saturated rings. The number of Topliss-reactive ketones (excluding diaryl/α,β-unsaturated/α-hetero) is 2. The Labute approximate surface area is 92.9 Å². The molecule has 0 aliphatic heterocycles. The summed E-state index contributed by atoms with van der Waals surface area (Å²) in [4.78, 5) is 32.9. The molecular formula is C12H12O4. The predicted octanol–water partition coefficient (Wildman–Crippen LogP) is 1.51. The van der Waals surface area contributed by atoms with Crippen LogP contribution in [0, 0.1) is 0 Å². The van der Waals surface area contributed by atoms with E-state index in [2.05, 4.69) is 0 Å². The fourth-order valence-corrected chi connectivity index (χ4v) is 1.23. The van der Waals surface area contributed by atoms with E-state index in [1.807, 2.05) is 0 Å². The molecule has 1 rings (SSSR count). The largest absolute Gasteiger partial charge is 0.508 e. The van der Waals surface area contributed by atoms with Gasteiger partial charge in [-0.05, 0) is 30.7 Å². The molecule has 0 unspecified atom stereocenters. The van der Waals surface area contributed by atoms with Crippen LogP contribution in [0.5, 0.6) is 5.75 Å². The van der Waals surface area contributed by atoms with E-state index in [1.54, 1.807) is 0 Å². The molecule has 84 valence electrons. The van der Waals surface area contributed by atoms with E-state index in [0.29, 0.717) is 6.42 Å². The number of carbonyl (C=O) groups is 3. The minimum Gasteiger partial charge on any atom is -0.508 e. The molecule has 1 aromatic carbocycles. The standard InChI is InChI=1S/C12H12O4/c13-8-2-1-3-11(15)12(16)9-4-6-10(14)7-5-9/h4-8,14H,1-3H2. The third-order valence-electron chi connectivity index (χ3n) is 2.11. The summed E-state index contributed by atoms with van der Waals surface area (Å²) in [5, 5.41) is 9.02. The third kappa shape index (κ3) is 3.31. The number of ketones is 2. The fourth-order valence-electron chi connectivity index (χ4n) is 1.23. The summed E-state index contributed by atoms with van der Waals surface area (Å²) < 4.78 is 0. The van der Waals surface area contributed by atoms with Crippen LogP contribution in [0.2, 0.25) is 0 Å². The quantitative estimate of drug-likeness (QED) is 0.341. The summed E-state index contributed by atoms with van der Waals surface area (Å²) in [5.74, 6) is -1.04. The number of hydrogen-bond acceptors (Lipinski definition) is 4. The second-order valence-electron chi connectivity index (χ2n) is 3.36. The zero-order valence-electron chi connectivity index (χ0n) is 8.68. The van der Waals surface area contributed by atoms with Gasteiger partial charge in [-0.2, -0.15) is 0 Å². The summed E-state index contributed by atoms with van der Waals surface area (Å²) in [6.45, 7) is 0. The lowest BCUT2D eigenvalue weighted by atomic mass is 10.0. The first-order valence-electron chi connectivity index (χ1n) is 4.95. The van der Waals surface area contributed by atoms with Crippen LogP contribution >= 0.6 is 0 Å². The number of carbonyl (C=O) groups excluding carboxylic acids is 3. The van der Waals surface area contributed by atoms with E-state index in [-0.39, 0.29) is 24.2 Å². The summed E-state index contributed by atoms with van der Waals surface area (Å²) in [5.41, 5.74) is 0.258.